The number of fused-ring (bicyclic) bond motifs is 1. The van der Waals surface area contributed by atoms with Gasteiger partial charge in [0.25, 0.3) is 0 Å². The second kappa shape index (κ2) is 5.58. The molecule has 1 unspecified atom stereocenters. The SMILES string of the molecule is NC1CCCCc2cn(Cc3cc(F)ccc3Cl)cc21. The summed E-state index contributed by atoms with van der Waals surface area (Å²) in [5.41, 5.74) is 9.56. The molecule has 2 nitrogen and oxygen atoms in total. The van der Waals surface area contributed by atoms with Crippen LogP contribution in [0.4, 0.5) is 4.39 Å². The Morgan fingerprint density at radius 2 is 2.15 bits per heavy atom. The molecule has 0 saturated heterocycles. The summed E-state index contributed by atoms with van der Waals surface area (Å²) < 4.78 is 15.4. The van der Waals surface area contributed by atoms with Crippen LogP contribution in [0.25, 0.3) is 0 Å². The molecular weight excluding hydrogens is 275 g/mol. The number of benzene rings is 1. The van der Waals surface area contributed by atoms with E-state index < -0.39 is 0 Å². The highest BCUT2D eigenvalue weighted by Gasteiger charge is 2.17. The van der Waals surface area contributed by atoms with Gasteiger partial charge >= 0.3 is 0 Å². The molecule has 0 amide bonds. The van der Waals surface area contributed by atoms with Gasteiger partial charge in [-0.25, -0.2) is 4.39 Å². The Balaban J connectivity index is 1.88. The fourth-order valence-electron chi connectivity index (χ4n) is 2.90. The molecule has 106 valence electrons. The quantitative estimate of drug-likeness (QED) is 0.832. The van der Waals surface area contributed by atoms with Gasteiger partial charge in [0, 0.05) is 30.0 Å². The van der Waals surface area contributed by atoms with Crippen LogP contribution in [0.2, 0.25) is 5.02 Å². The molecule has 0 fully saturated rings. The molecule has 2 aromatic rings. The number of halogens is 2. The Morgan fingerprint density at radius 1 is 1.30 bits per heavy atom. The van der Waals surface area contributed by atoms with Crippen molar-refractivity contribution in [3.63, 3.8) is 0 Å². The van der Waals surface area contributed by atoms with Crippen molar-refractivity contribution in [3.05, 3.63) is 58.1 Å². The third kappa shape index (κ3) is 2.74. The zero-order chi connectivity index (χ0) is 14.1. The van der Waals surface area contributed by atoms with E-state index in [-0.39, 0.29) is 11.9 Å². The predicted octanol–water partition coefficient (Wildman–Crippen LogP) is 4.06. The fraction of sp³-hybridized carbons (Fsp3) is 0.375. The minimum absolute atomic E-state index is 0.122. The van der Waals surface area contributed by atoms with Gasteiger partial charge in [-0.1, -0.05) is 18.0 Å². The number of aromatic nitrogens is 1. The van der Waals surface area contributed by atoms with Gasteiger partial charge in [0.05, 0.1) is 0 Å². The van der Waals surface area contributed by atoms with Gasteiger partial charge in [0.1, 0.15) is 5.82 Å². The molecular formula is C16H18ClFN2. The highest BCUT2D eigenvalue weighted by Crippen LogP contribution is 2.28. The Kier molecular flexibility index (Phi) is 3.81. The van der Waals surface area contributed by atoms with Crippen LogP contribution in [-0.4, -0.2) is 4.57 Å². The van der Waals surface area contributed by atoms with Crippen LogP contribution in [0.15, 0.2) is 30.6 Å². The molecule has 1 atom stereocenters. The van der Waals surface area contributed by atoms with Crippen LogP contribution in [0.5, 0.6) is 0 Å². The first kappa shape index (κ1) is 13.7. The molecule has 1 aliphatic carbocycles. The minimum Gasteiger partial charge on any atom is -0.349 e. The van der Waals surface area contributed by atoms with Crippen molar-refractivity contribution in [2.45, 2.75) is 38.3 Å². The highest BCUT2D eigenvalue weighted by atomic mass is 35.5. The van der Waals surface area contributed by atoms with Crippen LogP contribution < -0.4 is 5.73 Å². The van der Waals surface area contributed by atoms with Crippen LogP contribution in [0.1, 0.15) is 42.0 Å². The highest BCUT2D eigenvalue weighted by molar-refractivity contribution is 6.31. The van der Waals surface area contributed by atoms with Crippen molar-refractivity contribution < 1.29 is 4.39 Å². The van der Waals surface area contributed by atoms with Crippen LogP contribution >= 0.6 is 11.6 Å². The maximum Gasteiger partial charge on any atom is 0.123 e. The van der Waals surface area contributed by atoms with E-state index in [4.69, 9.17) is 17.3 Å². The lowest BCUT2D eigenvalue weighted by molar-refractivity contribution is 0.609. The summed E-state index contributed by atoms with van der Waals surface area (Å²) in [6.07, 6.45) is 8.70. The monoisotopic (exact) mass is 292 g/mol. The largest absolute Gasteiger partial charge is 0.349 e. The molecule has 1 aromatic heterocycles. The second-order valence-electron chi connectivity index (χ2n) is 5.50. The van der Waals surface area contributed by atoms with E-state index in [0.29, 0.717) is 11.6 Å². The number of nitrogens with two attached hydrogens (primary N) is 1. The first-order valence-electron chi connectivity index (χ1n) is 7.01. The summed E-state index contributed by atoms with van der Waals surface area (Å²) in [6, 6.07) is 4.60. The fourth-order valence-corrected chi connectivity index (χ4v) is 3.08. The first-order valence-corrected chi connectivity index (χ1v) is 7.39. The molecule has 0 aliphatic heterocycles. The number of rotatable bonds is 2. The van der Waals surface area contributed by atoms with Gasteiger partial charge in [-0.15, -0.1) is 0 Å². The Hall–Kier alpha value is -1.32. The number of aryl methyl sites for hydroxylation is 1. The van der Waals surface area contributed by atoms with Gasteiger partial charge < -0.3 is 10.3 Å². The molecule has 0 radical (unpaired) electrons. The van der Waals surface area contributed by atoms with Crippen molar-refractivity contribution in [1.29, 1.82) is 0 Å². The van der Waals surface area contributed by atoms with E-state index >= 15 is 0 Å². The molecule has 2 N–H and O–H groups in total. The normalized spacial score (nSPS) is 18.6. The van der Waals surface area contributed by atoms with Gasteiger partial charge in [0.15, 0.2) is 0 Å². The third-order valence-corrected chi connectivity index (χ3v) is 4.34. The second-order valence-corrected chi connectivity index (χ2v) is 5.91. The van der Waals surface area contributed by atoms with E-state index in [2.05, 4.69) is 17.0 Å². The smallest absolute Gasteiger partial charge is 0.123 e. The van der Waals surface area contributed by atoms with Crippen molar-refractivity contribution in [1.82, 2.24) is 4.57 Å². The minimum atomic E-state index is -0.255. The van der Waals surface area contributed by atoms with E-state index in [1.54, 1.807) is 6.07 Å². The van der Waals surface area contributed by atoms with Crippen molar-refractivity contribution in [3.8, 4) is 0 Å². The predicted molar refractivity (Wildman–Crippen MR) is 79.4 cm³/mol. The number of hydrogen-bond acceptors (Lipinski definition) is 1. The third-order valence-electron chi connectivity index (χ3n) is 3.97. The van der Waals surface area contributed by atoms with Gasteiger partial charge in [-0.05, 0) is 54.2 Å². The summed E-state index contributed by atoms with van der Waals surface area (Å²) in [4.78, 5) is 0. The van der Waals surface area contributed by atoms with Crippen LogP contribution in [0.3, 0.4) is 0 Å². The molecule has 1 aliphatic rings. The number of hydrogen-bond donors (Lipinski definition) is 1. The zero-order valence-electron chi connectivity index (χ0n) is 11.3. The lowest BCUT2D eigenvalue weighted by atomic mass is 10.1. The Labute approximate surface area is 123 Å². The Bertz CT molecular complexity index is 621. The van der Waals surface area contributed by atoms with E-state index in [1.807, 2.05) is 0 Å². The standard InChI is InChI=1S/C16H18ClFN2/c17-15-6-5-13(18)7-12(15)9-20-8-11-3-1-2-4-16(19)14(11)10-20/h5-8,10,16H,1-4,9,19H2. The summed E-state index contributed by atoms with van der Waals surface area (Å²) in [7, 11) is 0. The maximum atomic E-state index is 13.3. The number of nitrogens with zero attached hydrogens (tertiary/aromatic N) is 1. The Morgan fingerprint density at radius 3 is 3.00 bits per heavy atom. The van der Waals surface area contributed by atoms with Crippen molar-refractivity contribution in [2.24, 2.45) is 5.73 Å². The molecule has 0 bridgehead atoms. The lowest BCUT2D eigenvalue weighted by Gasteiger charge is -2.08. The lowest BCUT2D eigenvalue weighted by Crippen LogP contribution is -2.09. The van der Waals surface area contributed by atoms with Gasteiger partial charge in [-0.2, -0.15) is 0 Å². The summed E-state index contributed by atoms with van der Waals surface area (Å²) >= 11 is 6.12. The van der Waals surface area contributed by atoms with Crippen molar-refractivity contribution in [2.75, 3.05) is 0 Å². The molecule has 4 heteroatoms. The molecule has 3 rings (SSSR count). The van der Waals surface area contributed by atoms with Crippen molar-refractivity contribution >= 4 is 11.6 Å². The maximum absolute atomic E-state index is 13.3. The van der Waals surface area contributed by atoms with E-state index in [9.17, 15) is 4.39 Å². The summed E-state index contributed by atoms with van der Waals surface area (Å²) in [5, 5.41) is 0.597. The summed E-state index contributed by atoms with van der Waals surface area (Å²) in [5.74, 6) is -0.255. The molecule has 0 saturated carbocycles. The zero-order valence-corrected chi connectivity index (χ0v) is 12.0. The molecule has 0 spiro atoms. The molecule has 1 heterocycles. The molecule has 1 aromatic carbocycles. The van der Waals surface area contributed by atoms with E-state index in [0.717, 1.165) is 18.4 Å². The molecule has 20 heavy (non-hydrogen) atoms. The first-order chi connectivity index (χ1) is 9.63. The van der Waals surface area contributed by atoms with Gasteiger partial charge in [0.2, 0.25) is 0 Å². The van der Waals surface area contributed by atoms with Crippen LogP contribution in [-0.2, 0) is 13.0 Å². The van der Waals surface area contributed by atoms with Crippen LogP contribution in [0, 0.1) is 5.82 Å². The summed E-state index contributed by atoms with van der Waals surface area (Å²) in [6.45, 7) is 0.580. The average molecular weight is 293 g/mol. The van der Waals surface area contributed by atoms with Gasteiger partial charge in [-0.3, -0.25) is 0 Å². The topological polar surface area (TPSA) is 30.9 Å². The average Bonchev–Trinajstić information content (AvgIpc) is 2.74. The van der Waals surface area contributed by atoms with E-state index in [1.165, 1.54) is 36.1 Å².